The lowest BCUT2D eigenvalue weighted by molar-refractivity contribution is -0.134. The second-order valence-electron chi connectivity index (χ2n) is 4.85. The van der Waals surface area contributed by atoms with Gasteiger partial charge in [0.15, 0.2) is 0 Å². The number of nitrogens with one attached hydrogen (secondary N) is 1. The molecule has 0 aliphatic carbocycles. The van der Waals surface area contributed by atoms with Gasteiger partial charge in [0.05, 0.1) is 7.11 Å². The van der Waals surface area contributed by atoms with Crippen LogP contribution in [-0.4, -0.2) is 31.3 Å². The van der Waals surface area contributed by atoms with Crippen molar-refractivity contribution in [1.29, 1.82) is 0 Å². The van der Waals surface area contributed by atoms with Crippen molar-refractivity contribution in [2.24, 2.45) is 0 Å². The van der Waals surface area contributed by atoms with E-state index in [1.54, 1.807) is 6.08 Å². The molecule has 0 heterocycles. The van der Waals surface area contributed by atoms with Crippen molar-refractivity contribution in [2.45, 2.75) is 45.6 Å². The van der Waals surface area contributed by atoms with Crippen molar-refractivity contribution in [3.63, 3.8) is 0 Å². The maximum atomic E-state index is 11.3. The van der Waals surface area contributed by atoms with Gasteiger partial charge in [-0.25, -0.2) is 9.59 Å². The molecule has 1 amide bonds. The molecule has 18 heavy (non-hydrogen) atoms. The molecule has 0 unspecified atom stereocenters. The Morgan fingerprint density at radius 2 is 1.89 bits per heavy atom. The van der Waals surface area contributed by atoms with E-state index in [1.807, 2.05) is 20.8 Å². The van der Waals surface area contributed by atoms with Gasteiger partial charge >= 0.3 is 12.1 Å². The zero-order valence-electron chi connectivity index (χ0n) is 11.6. The van der Waals surface area contributed by atoms with Gasteiger partial charge in [-0.1, -0.05) is 6.08 Å². The van der Waals surface area contributed by atoms with E-state index in [9.17, 15) is 9.59 Å². The van der Waals surface area contributed by atoms with Crippen molar-refractivity contribution < 1.29 is 19.1 Å². The van der Waals surface area contributed by atoms with Crippen LogP contribution in [0.4, 0.5) is 4.79 Å². The predicted octanol–water partition coefficient (Wildman–Crippen LogP) is 2.41. The summed E-state index contributed by atoms with van der Waals surface area (Å²) in [6.07, 6.45) is 5.28. The van der Waals surface area contributed by atoms with Gasteiger partial charge in [0.25, 0.3) is 0 Å². The van der Waals surface area contributed by atoms with Gasteiger partial charge in [0, 0.05) is 12.6 Å². The number of carbonyl (C=O) groups excluding carboxylic acids is 2. The van der Waals surface area contributed by atoms with Crippen LogP contribution < -0.4 is 5.32 Å². The minimum Gasteiger partial charge on any atom is -0.466 e. The standard InChI is InChI=1S/C13H23NO4/c1-13(2,3)18-12(16)14-10-8-6-5-7-9-11(15)17-4/h7,9H,5-6,8,10H2,1-4H3,(H,14,16)/b9-7+. The maximum absolute atomic E-state index is 11.3. The van der Waals surface area contributed by atoms with E-state index in [-0.39, 0.29) is 5.97 Å². The van der Waals surface area contributed by atoms with Crippen molar-refractivity contribution in [1.82, 2.24) is 5.32 Å². The average Bonchev–Trinajstić information content (AvgIpc) is 2.25. The molecule has 0 rings (SSSR count). The lowest BCUT2D eigenvalue weighted by Crippen LogP contribution is -2.32. The van der Waals surface area contributed by atoms with E-state index in [2.05, 4.69) is 10.1 Å². The number of carbonyl (C=O) groups is 2. The fourth-order valence-corrected chi connectivity index (χ4v) is 1.14. The molecule has 1 N–H and O–H groups in total. The number of allylic oxidation sites excluding steroid dienone is 1. The van der Waals surface area contributed by atoms with Crippen molar-refractivity contribution >= 4 is 12.1 Å². The van der Waals surface area contributed by atoms with Crippen molar-refractivity contribution in [3.05, 3.63) is 12.2 Å². The third-order valence-electron chi connectivity index (χ3n) is 1.92. The van der Waals surface area contributed by atoms with Gasteiger partial charge in [-0.15, -0.1) is 0 Å². The Balaban J connectivity index is 3.49. The SMILES string of the molecule is COC(=O)/C=C/CCCCNC(=O)OC(C)(C)C. The molecule has 5 nitrogen and oxygen atoms in total. The number of rotatable bonds is 6. The van der Waals surface area contributed by atoms with Gasteiger partial charge in [-0.3, -0.25) is 0 Å². The smallest absolute Gasteiger partial charge is 0.407 e. The Labute approximate surface area is 109 Å². The Bertz CT molecular complexity index is 292. The first-order valence-corrected chi connectivity index (χ1v) is 6.06. The van der Waals surface area contributed by atoms with Crippen LogP contribution in [0.3, 0.4) is 0 Å². The number of unbranched alkanes of at least 4 members (excludes halogenated alkanes) is 2. The Morgan fingerprint density at radius 1 is 1.22 bits per heavy atom. The highest BCUT2D eigenvalue weighted by molar-refractivity contribution is 5.81. The molecular formula is C13H23NO4. The Kier molecular flexibility index (Phi) is 7.83. The second kappa shape index (κ2) is 8.55. The number of amides is 1. The van der Waals surface area contributed by atoms with Crippen LogP contribution >= 0.6 is 0 Å². The van der Waals surface area contributed by atoms with Gasteiger partial charge in [-0.05, 0) is 40.0 Å². The molecule has 0 bridgehead atoms. The van der Waals surface area contributed by atoms with E-state index in [4.69, 9.17) is 4.74 Å². The third-order valence-corrected chi connectivity index (χ3v) is 1.92. The molecule has 0 aromatic carbocycles. The van der Waals surface area contributed by atoms with Crippen molar-refractivity contribution in [2.75, 3.05) is 13.7 Å². The number of hydrogen-bond donors (Lipinski definition) is 1. The summed E-state index contributed by atoms with van der Waals surface area (Å²) in [6, 6.07) is 0. The molecule has 0 atom stereocenters. The molecule has 0 aromatic rings. The summed E-state index contributed by atoms with van der Waals surface area (Å²) < 4.78 is 9.54. The summed E-state index contributed by atoms with van der Waals surface area (Å²) in [5, 5.41) is 2.67. The van der Waals surface area contributed by atoms with Gasteiger partial charge in [0.1, 0.15) is 5.60 Å². The lowest BCUT2D eigenvalue weighted by Gasteiger charge is -2.19. The first-order chi connectivity index (χ1) is 8.35. The van der Waals surface area contributed by atoms with Crippen LogP contribution in [0.1, 0.15) is 40.0 Å². The number of methoxy groups -OCH3 is 1. The summed E-state index contributed by atoms with van der Waals surface area (Å²) in [4.78, 5) is 22.0. The van der Waals surface area contributed by atoms with E-state index >= 15 is 0 Å². The summed E-state index contributed by atoms with van der Waals surface area (Å²) in [5.41, 5.74) is -0.465. The van der Waals surface area contributed by atoms with Gasteiger partial charge in [-0.2, -0.15) is 0 Å². The summed E-state index contributed by atoms with van der Waals surface area (Å²) in [5.74, 6) is -0.345. The van der Waals surface area contributed by atoms with E-state index in [0.717, 1.165) is 19.3 Å². The second-order valence-corrected chi connectivity index (χ2v) is 4.85. The molecule has 0 saturated carbocycles. The fourth-order valence-electron chi connectivity index (χ4n) is 1.14. The average molecular weight is 257 g/mol. The summed E-state index contributed by atoms with van der Waals surface area (Å²) in [7, 11) is 1.34. The molecule has 5 heteroatoms. The van der Waals surface area contributed by atoms with E-state index < -0.39 is 11.7 Å². The molecule has 0 spiro atoms. The van der Waals surface area contributed by atoms with Crippen molar-refractivity contribution in [3.8, 4) is 0 Å². The topological polar surface area (TPSA) is 64.6 Å². The first-order valence-electron chi connectivity index (χ1n) is 6.06. The molecule has 0 saturated heterocycles. The highest BCUT2D eigenvalue weighted by Crippen LogP contribution is 2.06. The quantitative estimate of drug-likeness (QED) is 0.451. The predicted molar refractivity (Wildman–Crippen MR) is 69.2 cm³/mol. The van der Waals surface area contributed by atoms with E-state index in [1.165, 1.54) is 13.2 Å². The Hall–Kier alpha value is -1.52. The molecule has 0 aromatic heterocycles. The molecule has 104 valence electrons. The highest BCUT2D eigenvalue weighted by Gasteiger charge is 2.15. The molecule has 0 fully saturated rings. The van der Waals surface area contributed by atoms with Crippen LogP contribution in [0.25, 0.3) is 0 Å². The molecule has 0 radical (unpaired) electrons. The Morgan fingerprint density at radius 3 is 2.44 bits per heavy atom. The van der Waals surface area contributed by atoms with Crippen LogP contribution in [-0.2, 0) is 14.3 Å². The zero-order chi connectivity index (χ0) is 14.0. The van der Waals surface area contributed by atoms with Crippen LogP contribution in [0, 0.1) is 0 Å². The first kappa shape index (κ1) is 16.5. The van der Waals surface area contributed by atoms with Gasteiger partial charge in [0.2, 0.25) is 0 Å². The molecular weight excluding hydrogens is 234 g/mol. The van der Waals surface area contributed by atoms with E-state index in [0.29, 0.717) is 6.54 Å². The number of hydrogen-bond acceptors (Lipinski definition) is 4. The molecule has 0 aliphatic heterocycles. The third kappa shape index (κ3) is 11.0. The van der Waals surface area contributed by atoms with Crippen LogP contribution in [0.2, 0.25) is 0 Å². The number of esters is 1. The van der Waals surface area contributed by atoms with Crippen LogP contribution in [0.5, 0.6) is 0 Å². The lowest BCUT2D eigenvalue weighted by atomic mass is 10.2. The largest absolute Gasteiger partial charge is 0.466 e. The van der Waals surface area contributed by atoms with Crippen LogP contribution in [0.15, 0.2) is 12.2 Å². The normalized spacial score (nSPS) is 11.3. The minimum atomic E-state index is -0.465. The highest BCUT2D eigenvalue weighted by atomic mass is 16.6. The maximum Gasteiger partial charge on any atom is 0.407 e. The minimum absolute atomic E-state index is 0.345. The number of alkyl carbamates (subject to hydrolysis) is 1. The number of ether oxygens (including phenoxy) is 2. The molecule has 0 aliphatic rings. The summed E-state index contributed by atoms with van der Waals surface area (Å²) in [6.45, 7) is 6.04. The zero-order valence-corrected chi connectivity index (χ0v) is 11.6. The monoisotopic (exact) mass is 257 g/mol. The van der Waals surface area contributed by atoms with Gasteiger partial charge < -0.3 is 14.8 Å². The fraction of sp³-hybridized carbons (Fsp3) is 0.692. The summed E-state index contributed by atoms with van der Waals surface area (Å²) >= 11 is 0.